The standard InChI is InChI=1S/C12H14N2O4S/c1-5-14-10-8(9(15)13(3)12(14)17)7(6(2)19-10)11(16)18-4/h5H2,1-4H3. The molecule has 7 heteroatoms. The third-order valence-corrected chi connectivity index (χ3v) is 4.18. The van der Waals surface area contributed by atoms with Gasteiger partial charge in [0.25, 0.3) is 5.56 Å². The molecule has 0 saturated carbocycles. The maximum absolute atomic E-state index is 12.2. The highest BCUT2D eigenvalue weighted by Crippen LogP contribution is 2.28. The number of nitrogens with zero attached hydrogens (tertiary/aromatic N) is 2. The maximum Gasteiger partial charge on any atom is 0.339 e. The summed E-state index contributed by atoms with van der Waals surface area (Å²) in [5.74, 6) is -0.554. The van der Waals surface area contributed by atoms with Crippen LogP contribution in [0.25, 0.3) is 10.2 Å². The number of methoxy groups -OCH3 is 1. The molecule has 2 heterocycles. The molecule has 2 aromatic heterocycles. The molecule has 0 aliphatic rings. The van der Waals surface area contributed by atoms with Crippen LogP contribution < -0.4 is 11.2 Å². The minimum absolute atomic E-state index is 0.255. The van der Waals surface area contributed by atoms with Gasteiger partial charge in [-0.05, 0) is 13.8 Å². The lowest BCUT2D eigenvalue weighted by molar-refractivity contribution is 0.0602. The predicted octanol–water partition coefficient (Wildman–Crippen LogP) is 0.877. The Morgan fingerprint density at radius 1 is 1.37 bits per heavy atom. The molecule has 0 aromatic carbocycles. The summed E-state index contributed by atoms with van der Waals surface area (Å²) < 4.78 is 7.22. The van der Waals surface area contributed by atoms with E-state index in [2.05, 4.69) is 0 Å². The van der Waals surface area contributed by atoms with Crippen LogP contribution in [0.2, 0.25) is 0 Å². The Labute approximate surface area is 112 Å². The highest BCUT2D eigenvalue weighted by molar-refractivity contribution is 7.19. The Morgan fingerprint density at radius 3 is 2.53 bits per heavy atom. The Morgan fingerprint density at radius 2 is 2.00 bits per heavy atom. The van der Waals surface area contributed by atoms with Crippen LogP contribution in [0.5, 0.6) is 0 Å². The third-order valence-electron chi connectivity index (χ3n) is 3.05. The molecule has 0 atom stereocenters. The van der Waals surface area contributed by atoms with Crippen LogP contribution in [-0.4, -0.2) is 22.2 Å². The molecule has 0 unspecified atom stereocenters. The van der Waals surface area contributed by atoms with Gasteiger partial charge in [0.1, 0.15) is 4.83 Å². The molecule has 0 aliphatic carbocycles. The molecule has 6 nitrogen and oxygen atoms in total. The van der Waals surface area contributed by atoms with Gasteiger partial charge in [0, 0.05) is 18.5 Å². The summed E-state index contributed by atoms with van der Waals surface area (Å²) >= 11 is 1.26. The van der Waals surface area contributed by atoms with E-state index in [1.807, 2.05) is 6.92 Å². The Kier molecular flexibility index (Phi) is 3.32. The van der Waals surface area contributed by atoms with E-state index < -0.39 is 11.5 Å². The lowest BCUT2D eigenvalue weighted by atomic mass is 10.2. The van der Waals surface area contributed by atoms with Crippen LogP contribution in [0, 0.1) is 6.92 Å². The topological polar surface area (TPSA) is 70.3 Å². The van der Waals surface area contributed by atoms with Crippen LogP contribution in [-0.2, 0) is 18.3 Å². The van der Waals surface area contributed by atoms with Crippen LogP contribution in [0.1, 0.15) is 22.2 Å². The van der Waals surface area contributed by atoms with Crippen LogP contribution >= 0.6 is 11.3 Å². The van der Waals surface area contributed by atoms with Crippen molar-refractivity contribution in [3.8, 4) is 0 Å². The molecule has 0 amide bonds. The summed E-state index contributed by atoms with van der Waals surface area (Å²) in [5.41, 5.74) is -0.586. The van der Waals surface area contributed by atoms with Gasteiger partial charge in [-0.1, -0.05) is 0 Å². The van der Waals surface area contributed by atoms with Gasteiger partial charge in [0.2, 0.25) is 0 Å². The largest absolute Gasteiger partial charge is 0.465 e. The number of aryl methyl sites for hydroxylation is 2. The molecule has 0 N–H and O–H groups in total. The van der Waals surface area contributed by atoms with Crippen molar-refractivity contribution < 1.29 is 9.53 Å². The van der Waals surface area contributed by atoms with Crippen molar-refractivity contribution in [1.82, 2.24) is 9.13 Å². The Bertz CT molecular complexity index is 782. The first kappa shape index (κ1) is 13.5. The summed E-state index contributed by atoms with van der Waals surface area (Å²) in [6, 6.07) is 0. The lowest BCUT2D eigenvalue weighted by Crippen LogP contribution is -2.37. The van der Waals surface area contributed by atoms with Crippen LogP contribution in [0.15, 0.2) is 9.59 Å². The highest BCUT2D eigenvalue weighted by atomic mass is 32.1. The maximum atomic E-state index is 12.2. The van der Waals surface area contributed by atoms with Gasteiger partial charge in [0.05, 0.1) is 18.1 Å². The number of hydrogen-bond acceptors (Lipinski definition) is 5. The number of hydrogen-bond donors (Lipinski definition) is 0. The summed E-state index contributed by atoms with van der Waals surface area (Å²) in [6.45, 7) is 3.99. The van der Waals surface area contributed by atoms with Gasteiger partial charge < -0.3 is 4.74 Å². The molecular weight excluding hydrogens is 268 g/mol. The molecule has 19 heavy (non-hydrogen) atoms. The molecular formula is C12H14N2O4S. The van der Waals surface area contributed by atoms with E-state index in [0.717, 1.165) is 4.57 Å². The summed E-state index contributed by atoms with van der Waals surface area (Å²) in [7, 11) is 2.68. The molecule has 0 bridgehead atoms. The van der Waals surface area contributed by atoms with E-state index >= 15 is 0 Å². The molecule has 0 spiro atoms. The molecule has 2 rings (SSSR count). The smallest absolute Gasteiger partial charge is 0.339 e. The fourth-order valence-corrected chi connectivity index (χ4v) is 3.25. The number of ether oxygens (including phenoxy) is 1. The summed E-state index contributed by atoms with van der Waals surface area (Å²) in [6.07, 6.45) is 0. The predicted molar refractivity (Wildman–Crippen MR) is 73.1 cm³/mol. The van der Waals surface area contributed by atoms with Crippen molar-refractivity contribution in [2.45, 2.75) is 20.4 Å². The summed E-state index contributed by atoms with van der Waals surface area (Å²) in [5, 5.41) is 0.262. The van der Waals surface area contributed by atoms with E-state index in [4.69, 9.17) is 4.74 Å². The van der Waals surface area contributed by atoms with Crippen molar-refractivity contribution in [2.75, 3.05) is 7.11 Å². The van der Waals surface area contributed by atoms with Crippen molar-refractivity contribution in [2.24, 2.45) is 7.05 Å². The number of thiophene rings is 1. The SMILES string of the molecule is CCn1c(=O)n(C)c(=O)c2c(C(=O)OC)c(C)sc21. The Hall–Kier alpha value is -1.89. The van der Waals surface area contributed by atoms with E-state index in [0.29, 0.717) is 16.3 Å². The second-order valence-electron chi connectivity index (χ2n) is 4.10. The third kappa shape index (κ3) is 1.81. The Balaban J connectivity index is 3.08. The quantitative estimate of drug-likeness (QED) is 0.767. The van der Waals surface area contributed by atoms with Crippen LogP contribution in [0.3, 0.4) is 0 Å². The molecule has 0 saturated heterocycles. The number of fused-ring (bicyclic) bond motifs is 1. The van der Waals surface area contributed by atoms with Gasteiger partial charge in [-0.25, -0.2) is 9.59 Å². The molecule has 0 radical (unpaired) electrons. The average Bonchev–Trinajstić information content (AvgIpc) is 2.73. The number of aromatic nitrogens is 2. The first-order valence-electron chi connectivity index (χ1n) is 5.75. The lowest BCUT2D eigenvalue weighted by Gasteiger charge is -2.06. The van der Waals surface area contributed by atoms with Crippen molar-refractivity contribution in [3.05, 3.63) is 31.3 Å². The minimum Gasteiger partial charge on any atom is -0.465 e. The number of carbonyl (C=O) groups excluding carboxylic acids is 1. The van der Waals surface area contributed by atoms with Crippen molar-refractivity contribution in [1.29, 1.82) is 0 Å². The number of esters is 1. The van der Waals surface area contributed by atoms with E-state index in [9.17, 15) is 14.4 Å². The zero-order valence-corrected chi connectivity index (χ0v) is 12.0. The summed E-state index contributed by atoms with van der Waals surface area (Å²) in [4.78, 5) is 37.2. The van der Waals surface area contributed by atoms with Gasteiger partial charge in [-0.15, -0.1) is 11.3 Å². The average molecular weight is 282 g/mol. The first-order chi connectivity index (χ1) is 8.93. The van der Waals surface area contributed by atoms with Crippen molar-refractivity contribution in [3.63, 3.8) is 0 Å². The molecule has 2 aromatic rings. The molecule has 0 fully saturated rings. The second kappa shape index (κ2) is 4.65. The monoisotopic (exact) mass is 282 g/mol. The fourth-order valence-electron chi connectivity index (χ4n) is 2.07. The van der Waals surface area contributed by atoms with E-state index in [1.165, 1.54) is 30.1 Å². The molecule has 102 valence electrons. The first-order valence-corrected chi connectivity index (χ1v) is 6.56. The van der Waals surface area contributed by atoms with Gasteiger partial charge in [-0.3, -0.25) is 13.9 Å². The van der Waals surface area contributed by atoms with Gasteiger partial charge in [-0.2, -0.15) is 0 Å². The zero-order chi connectivity index (χ0) is 14.3. The zero-order valence-electron chi connectivity index (χ0n) is 11.1. The normalized spacial score (nSPS) is 10.9. The van der Waals surface area contributed by atoms with Gasteiger partial charge in [0.15, 0.2) is 0 Å². The number of carbonyl (C=O) groups is 1. The fraction of sp³-hybridized carbons (Fsp3) is 0.417. The van der Waals surface area contributed by atoms with E-state index in [-0.39, 0.29) is 16.6 Å². The highest BCUT2D eigenvalue weighted by Gasteiger charge is 2.23. The van der Waals surface area contributed by atoms with E-state index in [1.54, 1.807) is 6.92 Å². The molecule has 0 aliphatic heterocycles. The number of rotatable bonds is 2. The van der Waals surface area contributed by atoms with Gasteiger partial charge >= 0.3 is 11.7 Å². The second-order valence-corrected chi connectivity index (χ2v) is 5.30. The van der Waals surface area contributed by atoms with Crippen molar-refractivity contribution >= 4 is 27.5 Å². The minimum atomic E-state index is -0.554. The van der Waals surface area contributed by atoms with Crippen LogP contribution in [0.4, 0.5) is 0 Å².